The molecule has 2 saturated heterocycles. The predicted octanol–water partition coefficient (Wildman–Crippen LogP) is 6.97. The molecule has 4 aliphatic heterocycles. The second-order valence-corrected chi connectivity index (χ2v) is 17.1. The first-order valence-corrected chi connectivity index (χ1v) is 21.6. The van der Waals surface area contributed by atoms with E-state index in [0.717, 1.165) is 33.4 Å². The van der Waals surface area contributed by atoms with E-state index in [9.17, 15) is 19.8 Å². The second-order valence-electron chi connectivity index (χ2n) is 17.1. The fraction of sp³-hybridized carbons (Fsp3) is 0.360. The van der Waals surface area contributed by atoms with Gasteiger partial charge in [0.05, 0.1) is 78.9 Å². The largest absolute Gasteiger partial charge is 0.502 e. The molecule has 0 amide bonds. The lowest BCUT2D eigenvalue weighted by atomic mass is 9.66. The van der Waals surface area contributed by atoms with Crippen molar-refractivity contribution in [3.63, 3.8) is 0 Å². The number of aromatic hydroxyl groups is 2. The summed E-state index contributed by atoms with van der Waals surface area (Å²) in [5.41, 5.74) is 6.50. The van der Waals surface area contributed by atoms with Gasteiger partial charge >= 0.3 is 11.9 Å². The number of fused-ring (bicyclic) bond motifs is 6. The SMILES string of the molecule is COc1cc([C@@H]2c3cc4c(cc3[C@@H](OCc3ccc(CO[C@@H]5c6cc7c(cc6[C@@H](c6cc(OC)c(O)c(OC)c6)[C@H]6C(=O)OC[C@@H]65)OCO7)cc3)[C@H]3COC(=O)[C@H]23)OCO4)cc(OC)c1O. The van der Waals surface area contributed by atoms with Gasteiger partial charge in [-0.05, 0) is 93.0 Å². The third kappa shape index (κ3) is 6.72. The molecule has 0 bridgehead atoms. The van der Waals surface area contributed by atoms with Gasteiger partial charge in [0.25, 0.3) is 0 Å². The molecule has 6 aliphatic rings. The summed E-state index contributed by atoms with van der Waals surface area (Å²) in [6.45, 7) is 0.898. The average Bonchev–Trinajstić information content (AvgIpc) is 4.16. The number of cyclic esters (lactones) is 2. The van der Waals surface area contributed by atoms with Crippen LogP contribution >= 0.6 is 0 Å². The Hall–Kier alpha value is -7.04. The first-order valence-electron chi connectivity index (χ1n) is 21.6. The smallest absolute Gasteiger partial charge is 0.310 e. The van der Waals surface area contributed by atoms with E-state index in [0.29, 0.717) is 34.1 Å². The summed E-state index contributed by atoms with van der Waals surface area (Å²) in [7, 11) is 5.84. The van der Waals surface area contributed by atoms with Crippen molar-refractivity contribution in [1.29, 1.82) is 0 Å². The maximum Gasteiger partial charge on any atom is 0.310 e. The van der Waals surface area contributed by atoms with E-state index in [4.69, 9.17) is 56.8 Å². The van der Waals surface area contributed by atoms with Gasteiger partial charge in [-0.3, -0.25) is 9.59 Å². The molecule has 342 valence electrons. The van der Waals surface area contributed by atoms with Gasteiger partial charge in [0, 0.05) is 23.7 Å². The maximum atomic E-state index is 13.7. The molecular weight excluding hydrogens is 857 g/mol. The second kappa shape index (κ2) is 16.4. The number of phenols is 2. The van der Waals surface area contributed by atoms with Gasteiger partial charge in [-0.25, -0.2) is 0 Å². The minimum Gasteiger partial charge on any atom is -0.502 e. The van der Waals surface area contributed by atoms with Gasteiger partial charge in [0.2, 0.25) is 25.1 Å². The fourth-order valence-corrected chi connectivity index (χ4v) is 10.7. The van der Waals surface area contributed by atoms with E-state index in [1.165, 1.54) is 28.4 Å². The molecule has 16 nitrogen and oxygen atoms in total. The molecule has 16 heteroatoms. The van der Waals surface area contributed by atoms with Crippen LogP contribution in [0.25, 0.3) is 0 Å². The molecule has 0 aromatic heterocycles. The number of rotatable bonds is 12. The summed E-state index contributed by atoms with van der Waals surface area (Å²) >= 11 is 0. The molecule has 8 atom stereocenters. The normalized spacial score (nSPS) is 25.0. The first kappa shape index (κ1) is 41.7. The summed E-state index contributed by atoms with van der Waals surface area (Å²) in [6.07, 6.45) is -1.07. The van der Waals surface area contributed by atoms with E-state index in [1.54, 1.807) is 24.3 Å². The number of carbonyl (C=O) groups is 2. The number of esters is 2. The van der Waals surface area contributed by atoms with Crippen LogP contribution in [0.3, 0.4) is 0 Å². The number of hydrogen-bond donors (Lipinski definition) is 2. The van der Waals surface area contributed by atoms with E-state index in [2.05, 4.69) is 0 Å². The monoisotopic (exact) mass is 902 g/mol. The highest BCUT2D eigenvalue weighted by Gasteiger charge is 2.55. The molecule has 11 rings (SSSR count). The molecule has 66 heavy (non-hydrogen) atoms. The summed E-state index contributed by atoms with van der Waals surface area (Å²) in [5, 5.41) is 21.5. The Morgan fingerprint density at radius 2 is 0.818 bits per heavy atom. The zero-order valence-corrected chi connectivity index (χ0v) is 36.4. The lowest BCUT2D eigenvalue weighted by Crippen LogP contribution is -2.35. The molecule has 4 heterocycles. The minimum atomic E-state index is -0.617. The van der Waals surface area contributed by atoms with Gasteiger partial charge in [-0.1, -0.05) is 24.3 Å². The zero-order chi connectivity index (χ0) is 45.4. The van der Waals surface area contributed by atoms with Crippen molar-refractivity contribution >= 4 is 11.9 Å². The number of phenolic OH excluding ortho intramolecular Hbond substituents is 2. The van der Waals surface area contributed by atoms with Gasteiger partial charge in [-0.2, -0.15) is 0 Å². The molecule has 2 aliphatic carbocycles. The Labute approximate surface area is 378 Å². The van der Waals surface area contributed by atoms with E-state index in [1.807, 2.05) is 48.5 Å². The van der Waals surface area contributed by atoms with E-state index < -0.39 is 35.9 Å². The highest BCUT2D eigenvalue weighted by molar-refractivity contribution is 5.80. The quantitative estimate of drug-likeness (QED) is 0.122. The number of methoxy groups -OCH3 is 4. The highest BCUT2D eigenvalue weighted by Crippen LogP contribution is 2.58. The lowest BCUT2D eigenvalue weighted by Gasteiger charge is -2.39. The summed E-state index contributed by atoms with van der Waals surface area (Å²) in [4.78, 5) is 27.3. The van der Waals surface area contributed by atoms with Gasteiger partial charge < -0.3 is 67.1 Å². The maximum absolute atomic E-state index is 13.7. The summed E-state index contributed by atoms with van der Waals surface area (Å²) in [5.74, 6) is -0.762. The molecule has 2 N–H and O–H groups in total. The van der Waals surface area contributed by atoms with Crippen molar-refractivity contribution in [2.24, 2.45) is 23.7 Å². The molecule has 5 aromatic rings. The average molecular weight is 903 g/mol. The van der Waals surface area contributed by atoms with E-state index in [-0.39, 0.29) is 98.3 Å². The minimum absolute atomic E-state index is 0.0671. The molecular formula is C50H46O16. The van der Waals surface area contributed by atoms with Crippen LogP contribution < -0.4 is 37.9 Å². The van der Waals surface area contributed by atoms with Crippen LogP contribution in [0.5, 0.6) is 57.5 Å². The summed E-state index contributed by atoms with van der Waals surface area (Å²) in [6, 6.07) is 22.4. The van der Waals surface area contributed by atoms with Crippen LogP contribution in [0.2, 0.25) is 0 Å². The highest BCUT2D eigenvalue weighted by atomic mass is 16.7. The molecule has 5 aromatic carbocycles. The Morgan fingerprint density at radius 1 is 0.485 bits per heavy atom. The van der Waals surface area contributed by atoms with Gasteiger partial charge in [0.15, 0.2) is 46.0 Å². The van der Waals surface area contributed by atoms with Crippen LogP contribution in [0, 0.1) is 23.7 Å². The molecule has 0 unspecified atom stereocenters. The van der Waals surface area contributed by atoms with E-state index >= 15 is 0 Å². The Balaban J connectivity index is 0.861. The first-order chi connectivity index (χ1) is 32.2. The number of carbonyl (C=O) groups excluding carboxylic acids is 2. The third-order valence-corrected chi connectivity index (χ3v) is 13.8. The van der Waals surface area contributed by atoms with Crippen molar-refractivity contribution < 1.29 is 76.6 Å². The molecule has 0 radical (unpaired) electrons. The summed E-state index contributed by atoms with van der Waals surface area (Å²) < 4.78 is 70.3. The Kier molecular flexibility index (Phi) is 10.4. The topological polar surface area (TPSA) is 185 Å². The zero-order valence-electron chi connectivity index (χ0n) is 36.4. The van der Waals surface area contributed by atoms with Crippen LogP contribution in [0.15, 0.2) is 72.8 Å². The van der Waals surface area contributed by atoms with Crippen molar-refractivity contribution in [3.05, 3.63) is 117 Å². The standard InChI is InChI=1S/C50H46O16/c1-55-37-9-25(10-38(56-2)45(37)51)41-27-13-33-35(65-21-63-33)15-29(27)47(31-19-61-49(53)43(31)41)59-17-23-5-7-24(8-6-23)18-60-48-30-16-36-34(64-22-66-36)14-28(30)42(44-32(48)20-62-50(44)54)26-11-39(57-3)46(52)40(12-26)58-4/h5-16,31-32,41-44,47-48,51-52H,17-22H2,1-4H3/t31-,32-,41+,42+,43-,44-,47+,48+/m0/s1. The van der Waals surface area contributed by atoms with Crippen molar-refractivity contribution in [1.82, 2.24) is 0 Å². The van der Waals surface area contributed by atoms with Gasteiger partial charge in [0.1, 0.15) is 0 Å². The molecule has 2 fully saturated rings. The number of benzene rings is 5. The van der Waals surface area contributed by atoms with Crippen LogP contribution in [-0.4, -0.2) is 77.4 Å². The van der Waals surface area contributed by atoms with Crippen LogP contribution in [0.4, 0.5) is 0 Å². The van der Waals surface area contributed by atoms with Crippen LogP contribution in [-0.2, 0) is 41.8 Å². The van der Waals surface area contributed by atoms with Crippen molar-refractivity contribution in [3.8, 4) is 57.5 Å². The van der Waals surface area contributed by atoms with Crippen LogP contribution in [0.1, 0.15) is 68.6 Å². The Bertz CT molecular complexity index is 2510. The Morgan fingerprint density at radius 3 is 1.15 bits per heavy atom. The molecule has 0 spiro atoms. The lowest BCUT2D eigenvalue weighted by molar-refractivity contribution is -0.142. The van der Waals surface area contributed by atoms with Crippen molar-refractivity contribution in [2.45, 2.75) is 37.3 Å². The molecule has 0 saturated carbocycles. The van der Waals surface area contributed by atoms with Gasteiger partial charge in [-0.15, -0.1) is 0 Å². The predicted molar refractivity (Wildman–Crippen MR) is 229 cm³/mol. The number of hydrogen-bond acceptors (Lipinski definition) is 16. The third-order valence-electron chi connectivity index (χ3n) is 13.8. The number of ether oxygens (including phenoxy) is 12. The van der Waals surface area contributed by atoms with Crippen molar-refractivity contribution in [2.75, 3.05) is 55.2 Å². The fourth-order valence-electron chi connectivity index (χ4n) is 10.7.